The highest BCUT2D eigenvalue weighted by Gasteiger charge is 2.11. The topological polar surface area (TPSA) is 33.0 Å². The smallest absolute Gasteiger partial charge is 0.200 e. The van der Waals surface area contributed by atoms with E-state index in [0.717, 1.165) is 6.07 Å². The third-order valence-electron chi connectivity index (χ3n) is 2.41. The number of nitriles is 1. The zero-order valence-electron chi connectivity index (χ0n) is 9.66. The zero-order valence-corrected chi connectivity index (χ0v) is 11.2. The van der Waals surface area contributed by atoms with Gasteiger partial charge in [-0.1, -0.05) is 28.1 Å². The first kappa shape index (κ1) is 13.5. The van der Waals surface area contributed by atoms with Crippen LogP contribution in [0.25, 0.3) is 0 Å². The molecule has 0 aliphatic rings. The van der Waals surface area contributed by atoms with Gasteiger partial charge in [0.1, 0.15) is 6.61 Å². The van der Waals surface area contributed by atoms with Gasteiger partial charge in [-0.15, -0.1) is 0 Å². The van der Waals surface area contributed by atoms with Crippen LogP contribution in [0.5, 0.6) is 5.75 Å². The van der Waals surface area contributed by atoms with E-state index in [2.05, 4.69) is 15.9 Å². The number of nitrogens with zero attached hydrogens (tertiary/aromatic N) is 1. The van der Waals surface area contributed by atoms with Crippen LogP contribution in [-0.2, 0) is 6.61 Å². The lowest BCUT2D eigenvalue weighted by atomic mass is 10.1. The maximum Gasteiger partial charge on any atom is 0.200 e. The van der Waals surface area contributed by atoms with Crippen molar-refractivity contribution in [2.75, 3.05) is 0 Å². The molecule has 5 heteroatoms. The average molecular weight is 324 g/mol. The molecule has 2 rings (SSSR count). The van der Waals surface area contributed by atoms with Crippen LogP contribution in [0.15, 0.2) is 40.9 Å². The van der Waals surface area contributed by atoms with Crippen molar-refractivity contribution in [1.29, 1.82) is 5.26 Å². The fraction of sp³-hybridized carbons (Fsp3) is 0.0714. The van der Waals surface area contributed by atoms with Crippen LogP contribution in [0.3, 0.4) is 0 Å². The fourth-order valence-electron chi connectivity index (χ4n) is 1.53. The number of hydrogen-bond acceptors (Lipinski definition) is 2. The lowest BCUT2D eigenvalue weighted by Gasteiger charge is -2.08. The van der Waals surface area contributed by atoms with E-state index < -0.39 is 11.6 Å². The molecule has 0 spiro atoms. The van der Waals surface area contributed by atoms with Crippen molar-refractivity contribution >= 4 is 15.9 Å². The number of benzene rings is 2. The van der Waals surface area contributed by atoms with Crippen LogP contribution in [-0.4, -0.2) is 0 Å². The molecule has 96 valence electrons. The molecule has 2 nitrogen and oxygen atoms in total. The Morgan fingerprint density at radius 3 is 2.74 bits per heavy atom. The highest BCUT2D eigenvalue weighted by molar-refractivity contribution is 9.10. The summed E-state index contributed by atoms with van der Waals surface area (Å²) in [5.74, 6) is -2.18. The molecular weight excluding hydrogens is 316 g/mol. The Morgan fingerprint density at radius 2 is 2.00 bits per heavy atom. The van der Waals surface area contributed by atoms with Gasteiger partial charge < -0.3 is 4.74 Å². The average Bonchev–Trinajstić information content (AvgIpc) is 2.41. The molecular formula is C14H8BrF2NO. The van der Waals surface area contributed by atoms with Crippen LogP contribution in [0, 0.1) is 23.0 Å². The van der Waals surface area contributed by atoms with E-state index in [1.54, 1.807) is 24.3 Å². The second-order valence-corrected chi connectivity index (χ2v) is 4.72. The Labute approximate surface area is 117 Å². The Balaban J connectivity index is 2.17. The molecule has 0 unspecified atom stereocenters. The normalized spacial score (nSPS) is 10.0. The lowest BCUT2D eigenvalue weighted by molar-refractivity contribution is 0.284. The summed E-state index contributed by atoms with van der Waals surface area (Å²) >= 11 is 3.07. The van der Waals surface area contributed by atoms with E-state index in [1.807, 2.05) is 6.07 Å². The summed E-state index contributed by atoms with van der Waals surface area (Å²) in [6.07, 6.45) is 0. The van der Waals surface area contributed by atoms with Gasteiger partial charge in [0.15, 0.2) is 11.6 Å². The molecule has 0 fully saturated rings. The fourth-order valence-corrected chi connectivity index (χ4v) is 1.94. The molecule has 0 radical (unpaired) electrons. The highest BCUT2D eigenvalue weighted by atomic mass is 79.9. The van der Waals surface area contributed by atoms with E-state index in [-0.39, 0.29) is 12.4 Å². The minimum atomic E-state index is -1.03. The minimum absolute atomic E-state index is 0.0579. The molecule has 2 aromatic carbocycles. The van der Waals surface area contributed by atoms with Gasteiger partial charge in [-0.3, -0.25) is 0 Å². The van der Waals surface area contributed by atoms with Crippen molar-refractivity contribution in [3.8, 4) is 11.8 Å². The van der Waals surface area contributed by atoms with Gasteiger partial charge in [-0.25, -0.2) is 4.39 Å². The van der Waals surface area contributed by atoms with Crippen molar-refractivity contribution in [3.05, 3.63) is 63.6 Å². The van der Waals surface area contributed by atoms with Gasteiger partial charge in [0.05, 0.1) is 11.6 Å². The van der Waals surface area contributed by atoms with Gasteiger partial charge >= 0.3 is 0 Å². The maximum absolute atomic E-state index is 13.5. The third kappa shape index (κ3) is 3.30. The van der Waals surface area contributed by atoms with Crippen LogP contribution >= 0.6 is 15.9 Å². The minimum Gasteiger partial charge on any atom is -0.486 e. The molecule has 2 aromatic rings. The van der Waals surface area contributed by atoms with Gasteiger partial charge in [-0.05, 0) is 29.8 Å². The first-order chi connectivity index (χ1) is 9.10. The Kier molecular flexibility index (Phi) is 4.13. The van der Waals surface area contributed by atoms with E-state index in [0.29, 0.717) is 15.6 Å². The van der Waals surface area contributed by atoms with Gasteiger partial charge in [0, 0.05) is 4.47 Å². The molecule has 0 amide bonds. The molecule has 0 aliphatic heterocycles. The largest absolute Gasteiger partial charge is 0.486 e. The third-order valence-corrected chi connectivity index (χ3v) is 2.87. The molecule has 0 saturated heterocycles. The number of ether oxygens (including phenoxy) is 1. The van der Waals surface area contributed by atoms with Crippen molar-refractivity contribution in [3.63, 3.8) is 0 Å². The molecule has 0 bridgehead atoms. The predicted molar refractivity (Wildman–Crippen MR) is 69.5 cm³/mol. The van der Waals surface area contributed by atoms with E-state index >= 15 is 0 Å². The Morgan fingerprint density at radius 1 is 1.21 bits per heavy atom. The van der Waals surface area contributed by atoms with E-state index in [9.17, 15) is 8.78 Å². The second kappa shape index (κ2) is 5.81. The van der Waals surface area contributed by atoms with E-state index in [1.165, 1.54) is 6.07 Å². The predicted octanol–water partition coefficient (Wildman–Crippen LogP) is 4.18. The second-order valence-electron chi connectivity index (χ2n) is 3.80. The van der Waals surface area contributed by atoms with Gasteiger partial charge in [0.25, 0.3) is 0 Å². The maximum atomic E-state index is 13.5. The van der Waals surface area contributed by atoms with Crippen LogP contribution in [0.4, 0.5) is 8.78 Å². The molecule has 0 saturated carbocycles. The van der Waals surface area contributed by atoms with Crippen LogP contribution in [0.1, 0.15) is 11.1 Å². The summed E-state index contributed by atoms with van der Waals surface area (Å²) in [6.45, 7) is 0.0579. The van der Waals surface area contributed by atoms with Crippen molar-refractivity contribution < 1.29 is 13.5 Å². The summed E-state index contributed by atoms with van der Waals surface area (Å²) < 4.78 is 32.2. The molecule has 0 aliphatic carbocycles. The van der Waals surface area contributed by atoms with Crippen LogP contribution < -0.4 is 4.74 Å². The standard InChI is InChI=1S/C14H8BrF2NO/c15-11-5-12(16)14(17)13(6-11)19-8-10-3-1-2-9(4-10)7-18/h1-6H,8H2. The summed E-state index contributed by atoms with van der Waals surface area (Å²) in [7, 11) is 0. The Bertz CT molecular complexity index is 652. The first-order valence-electron chi connectivity index (χ1n) is 5.36. The molecule has 19 heavy (non-hydrogen) atoms. The van der Waals surface area contributed by atoms with Crippen LogP contribution in [0.2, 0.25) is 0 Å². The SMILES string of the molecule is N#Cc1cccc(COc2cc(Br)cc(F)c2F)c1. The van der Waals surface area contributed by atoms with Gasteiger partial charge in [-0.2, -0.15) is 9.65 Å². The lowest BCUT2D eigenvalue weighted by Crippen LogP contribution is -1.99. The summed E-state index contributed by atoms with van der Waals surface area (Å²) in [5.41, 5.74) is 1.20. The zero-order chi connectivity index (χ0) is 13.8. The number of hydrogen-bond donors (Lipinski definition) is 0. The van der Waals surface area contributed by atoms with Crippen molar-refractivity contribution in [2.24, 2.45) is 0 Å². The molecule has 0 aromatic heterocycles. The highest BCUT2D eigenvalue weighted by Crippen LogP contribution is 2.26. The molecule has 0 N–H and O–H groups in total. The quantitative estimate of drug-likeness (QED) is 0.794. The Hall–Kier alpha value is -1.93. The number of halogens is 3. The van der Waals surface area contributed by atoms with Gasteiger partial charge in [0.2, 0.25) is 5.82 Å². The molecule has 0 atom stereocenters. The first-order valence-corrected chi connectivity index (χ1v) is 6.16. The summed E-state index contributed by atoms with van der Waals surface area (Å²) in [6, 6.07) is 11.1. The van der Waals surface area contributed by atoms with E-state index in [4.69, 9.17) is 10.00 Å². The summed E-state index contributed by atoms with van der Waals surface area (Å²) in [4.78, 5) is 0. The monoisotopic (exact) mass is 323 g/mol. The van der Waals surface area contributed by atoms with Crippen molar-refractivity contribution in [2.45, 2.75) is 6.61 Å². The van der Waals surface area contributed by atoms with Crippen molar-refractivity contribution in [1.82, 2.24) is 0 Å². The summed E-state index contributed by atoms with van der Waals surface area (Å²) in [5, 5.41) is 8.76. The molecule has 0 heterocycles. The number of rotatable bonds is 3.